The van der Waals surface area contributed by atoms with Gasteiger partial charge in [0.1, 0.15) is 21.6 Å². The van der Waals surface area contributed by atoms with E-state index >= 15 is 0 Å². The molecule has 10 heteroatoms. The molecule has 0 saturated heterocycles. The minimum atomic E-state index is -4.03. The van der Waals surface area contributed by atoms with Gasteiger partial charge in [0.2, 0.25) is 15.9 Å². The number of nitrogens with one attached hydrogen (secondary N) is 1. The number of halogens is 1. The second-order valence-corrected chi connectivity index (χ2v) is 8.27. The molecule has 2 aromatic heterocycles. The van der Waals surface area contributed by atoms with E-state index in [-0.39, 0.29) is 16.6 Å². The molecule has 0 aliphatic heterocycles. The van der Waals surface area contributed by atoms with E-state index < -0.39 is 22.5 Å². The molecule has 29 heavy (non-hydrogen) atoms. The Balaban J connectivity index is 1.83. The zero-order valence-electron chi connectivity index (χ0n) is 15.4. The Kier molecular flexibility index (Phi) is 6.53. The first-order chi connectivity index (χ1) is 13.9. The molecule has 0 aliphatic carbocycles. The Labute approximate surface area is 173 Å². The number of nitrogens with zero attached hydrogens (tertiary/aromatic N) is 2. The van der Waals surface area contributed by atoms with E-state index in [0.717, 1.165) is 10.5 Å². The molecule has 1 aromatic carbocycles. The molecule has 2 heterocycles. The zero-order chi connectivity index (χ0) is 20.9. The summed E-state index contributed by atoms with van der Waals surface area (Å²) in [5, 5.41) is 2.83. The molecule has 0 spiro atoms. The largest absolute Gasteiger partial charge is 0.497 e. The van der Waals surface area contributed by atoms with E-state index in [4.69, 9.17) is 20.8 Å². The molecule has 1 N–H and O–H groups in total. The summed E-state index contributed by atoms with van der Waals surface area (Å²) in [4.78, 5) is 16.3. The lowest BCUT2D eigenvalue weighted by Crippen LogP contribution is -2.37. The minimum absolute atomic E-state index is 0.0809. The first-order valence-electron chi connectivity index (χ1n) is 8.46. The van der Waals surface area contributed by atoms with E-state index in [1.54, 1.807) is 36.4 Å². The lowest BCUT2D eigenvalue weighted by Gasteiger charge is -2.21. The number of carbonyl (C=O) groups is 1. The van der Waals surface area contributed by atoms with Crippen LogP contribution in [0, 0.1) is 0 Å². The number of pyridine rings is 1. The maximum Gasteiger partial charge on any atom is 0.245 e. The predicted molar refractivity (Wildman–Crippen MR) is 107 cm³/mol. The van der Waals surface area contributed by atoms with Gasteiger partial charge in [-0.25, -0.2) is 13.4 Å². The van der Waals surface area contributed by atoms with E-state index in [2.05, 4.69) is 10.3 Å². The molecule has 0 radical (unpaired) electrons. The number of ether oxygens (including phenoxy) is 1. The Morgan fingerprint density at radius 2 is 2.07 bits per heavy atom. The highest BCUT2D eigenvalue weighted by Gasteiger charge is 2.28. The highest BCUT2D eigenvalue weighted by molar-refractivity contribution is 7.89. The van der Waals surface area contributed by atoms with Crippen molar-refractivity contribution in [2.24, 2.45) is 0 Å². The molecule has 0 saturated carbocycles. The number of amides is 1. The fourth-order valence-electron chi connectivity index (χ4n) is 2.53. The average molecular weight is 436 g/mol. The van der Waals surface area contributed by atoms with Gasteiger partial charge >= 0.3 is 0 Å². The van der Waals surface area contributed by atoms with Crippen LogP contribution in [-0.4, -0.2) is 37.3 Å². The van der Waals surface area contributed by atoms with Crippen LogP contribution in [0.5, 0.6) is 5.75 Å². The van der Waals surface area contributed by atoms with Crippen molar-refractivity contribution >= 4 is 33.2 Å². The van der Waals surface area contributed by atoms with E-state index in [0.29, 0.717) is 17.2 Å². The minimum Gasteiger partial charge on any atom is -0.497 e. The third-order valence-electron chi connectivity index (χ3n) is 3.92. The van der Waals surface area contributed by atoms with Gasteiger partial charge in [0.05, 0.1) is 26.5 Å². The Hall–Kier alpha value is -2.88. The van der Waals surface area contributed by atoms with Crippen LogP contribution < -0.4 is 10.1 Å². The SMILES string of the molecule is COc1cccc(NC(=O)CN(Cc2ccco2)S(=O)(=O)c2ccc(Cl)nc2)c1. The molecule has 1 amide bonds. The van der Waals surface area contributed by atoms with Crippen LogP contribution >= 0.6 is 11.6 Å². The van der Waals surface area contributed by atoms with Gasteiger partial charge in [-0.2, -0.15) is 4.31 Å². The average Bonchev–Trinajstić information content (AvgIpc) is 3.21. The van der Waals surface area contributed by atoms with Gasteiger partial charge in [-0.1, -0.05) is 17.7 Å². The molecule has 0 fully saturated rings. The second kappa shape index (κ2) is 9.08. The number of sulfonamides is 1. The molecule has 8 nitrogen and oxygen atoms in total. The maximum absolute atomic E-state index is 13.1. The number of benzene rings is 1. The fourth-order valence-corrected chi connectivity index (χ4v) is 3.95. The lowest BCUT2D eigenvalue weighted by molar-refractivity contribution is -0.116. The summed E-state index contributed by atoms with van der Waals surface area (Å²) < 4.78 is 37.5. The number of methoxy groups -OCH3 is 1. The fraction of sp³-hybridized carbons (Fsp3) is 0.158. The van der Waals surface area contributed by atoms with Crippen LogP contribution in [0.25, 0.3) is 0 Å². The summed E-state index contributed by atoms with van der Waals surface area (Å²) in [6.45, 7) is -0.549. The van der Waals surface area contributed by atoms with E-state index in [9.17, 15) is 13.2 Å². The van der Waals surface area contributed by atoms with Crippen LogP contribution in [0.2, 0.25) is 5.15 Å². The van der Waals surface area contributed by atoms with Crippen LogP contribution in [-0.2, 0) is 21.4 Å². The van der Waals surface area contributed by atoms with Crippen molar-refractivity contribution in [2.75, 3.05) is 19.0 Å². The number of anilines is 1. The number of hydrogen-bond acceptors (Lipinski definition) is 6. The van der Waals surface area contributed by atoms with Crippen molar-refractivity contribution in [1.29, 1.82) is 0 Å². The van der Waals surface area contributed by atoms with Gasteiger partial charge in [0, 0.05) is 18.0 Å². The quantitative estimate of drug-likeness (QED) is 0.545. The molecule has 0 aliphatic rings. The smallest absolute Gasteiger partial charge is 0.245 e. The summed E-state index contributed by atoms with van der Waals surface area (Å²) in [6.07, 6.45) is 2.58. The predicted octanol–water partition coefficient (Wildman–Crippen LogP) is 3.17. The molecule has 0 bridgehead atoms. The second-order valence-electron chi connectivity index (χ2n) is 5.95. The molecule has 3 rings (SSSR count). The third kappa shape index (κ3) is 5.35. The van der Waals surface area contributed by atoms with Crippen molar-refractivity contribution in [3.63, 3.8) is 0 Å². The van der Waals surface area contributed by atoms with Crippen molar-refractivity contribution in [1.82, 2.24) is 9.29 Å². The van der Waals surface area contributed by atoms with Gasteiger partial charge in [-0.05, 0) is 36.4 Å². The summed E-state index contributed by atoms with van der Waals surface area (Å²) in [5.41, 5.74) is 0.484. The Bertz CT molecular complexity index is 1070. The van der Waals surface area contributed by atoms with Crippen LogP contribution in [0.15, 0.2) is 70.3 Å². The van der Waals surface area contributed by atoms with E-state index in [1.807, 2.05) is 0 Å². The summed E-state index contributed by atoms with van der Waals surface area (Å²) in [6, 6.07) is 12.7. The zero-order valence-corrected chi connectivity index (χ0v) is 17.0. The van der Waals surface area contributed by atoms with Gasteiger partial charge < -0.3 is 14.5 Å². The highest BCUT2D eigenvalue weighted by atomic mass is 35.5. The molecular formula is C19H18ClN3O5S. The first kappa shape index (κ1) is 20.8. The number of hydrogen-bond donors (Lipinski definition) is 1. The Morgan fingerprint density at radius 1 is 1.24 bits per heavy atom. The van der Waals surface area contributed by atoms with Gasteiger partial charge in [-0.15, -0.1) is 0 Å². The number of rotatable bonds is 8. The topological polar surface area (TPSA) is 102 Å². The summed E-state index contributed by atoms with van der Waals surface area (Å²) in [7, 11) is -2.51. The van der Waals surface area contributed by atoms with Gasteiger partial charge in [-0.3, -0.25) is 4.79 Å². The van der Waals surface area contributed by atoms with Crippen molar-refractivity contribution in [3.05, 3.63) is 71.9 Å². The molecule has 0 unspecified atom stereocenters. The molecule has 3 aromatic rings. The monoisotopic (exact) mass is 435 g/mol. The van der Waals surface area contributed by atoms with Crippen LogP contribution in [0.3, 0.4) is 0 Å². The lowest BCUT2D eigenvalue weighted by atomic mass is 10.3. The van der Waals surface area contributed by atoms with E-state index in [1.165, 1.54) is 25.5 Å². The van der Waals surface area contributed by atoms with Crippen molar-refractivity contribution < 1.29 is 22.4 Å². The number of furan rings is 1. The van der Waals surface area contributed by atoms with Crippen molar-refractivity contribution in [2.45, 2.75) is 11.4 Å². The van der Waals surface area contributed by atoms with Crippen LogP contribution in [0.4, 0.5) is 5.69 Å². The number of aromatic nitrogens is 1. The standard InChI is InChI=1S/C19H18ClN3O5S/c1-27-15-5-2-4-14(10-15)22-19(24)13-23(12-16-6-3-9-28-16)29(25,26)17-7-8-18(20)21-11-17/h2-11H,12-13H2,1H3,(H,22,24). The first-order valence-corrected chi connectivity index (χ1v) is 10.3. The highest BCUT2D eigenvalue weighted by Crippen LogP contribution is 2.20. The molecule has 152 valence electrons. The summed E-state index contributed by atoms with van der Waals surface area (Å²) >= 11 is 5.75. The number of carbonyl (C=O) groups excluding carboxylic acids is 1. The van der Waals surface area contributed by atoms with Gasteiger partial charge in [0.25, 0.3) is 0 Å². The van der Waals surface area contributed by atoms with Gasteiger partial charge in [0.15, 0.2) is 0 Å². The molecular weight excluding hydrogens is 418 g/mol. The van der Waals surface area contributed by atoms with Crippen molar-refractivity contribution in [3.8, 4) is 5.75 Å². The molecule has 0 atom stereocenters. The third-order valence-corrected chi connectivity index (χ3v) is 5.92. The van der Waals surface area contributed by atoms with Crippen LogP contribution in [0.1, 0.15) is 5.76 Å². The Morgan fingerprint density at radius 3 is 2.72 bits per heavy atom. The normalized spacial score (nSPS) is 11.4. The maximum atomic E-state index is 13.1. The summed E-state index contributed by atoms with van der Waals surface area (Å²) in [5.74, 6) is 0.440.